The Balaban J connectivity index is 0. The first-order valence-electron chi connectivity index (χ1n) is 12.5. The Morgan fingerprint density at radius 1 is 0.556 bits per heavy atom. The van der Waals surface area contributed by atoms with Crippen molar-refractivity contribution in [1.29, 1.82) is 0 Å². The van der Waals surface area contributed by atoms with Gasteiger partial charge in [0.05, 0.1) is 0 Å². The molecule has 0 bridgehead atoms. The number of carbonyl (C=O) groups excluding carboxylic acids is 2. The second kappa shape index (κ2) is 13.9. The van der Waals surface area contributed by atoms with Crippen LogP contribution in [0.25, 0.3) is 0 Å². The number of carbonyl (C=O) groups is 2. The first-order valence-corrected chi connectivity index (χ1v) is 12.5. The summed E-state index contributed by atoms with van der Waals surface area (Å²) in [6.07, 6.45) is -10.8. The number of ether oxygens (including phenoxy) is 2. The van der Waals surface area contributed by atoms with Gasteiger partial charge in [-0.05, 0) is 50.4 Å². The Bertz CT molecular complexity index is 611. The Labute approximate surface area is 212 Å². The molecular weight excluding hydrogens is 490 g/mol. The van der Waals surface area contributed by atoms with E-state index in [0.29, 0.717) is 0 Å². The lowest BCUT2D eigenvalue weighted by atomic mass is 9.86. The number of halogens is 6. The zero-order valence-electron chi connectivity index (χ0n) is 23.8. The molecule has 0 rings (SSSR count). The minimum Gasteiger partial charge on any atom is -0.461 e. The van der Waals surface area contributed by atoms with E-state index < -0.39 is 47.3 Å². The van der Waals surface area contributed by atoms with E-state index in [1.165, 1.54) is 13.8 Å². The summed E-state index contributed by atoms with van der Waals surface area (Å²) in [5, 5.41) is 0. The van der Waals surface area contributed by atoms with Gasteiger partial charge in [0, 0.05) is 0 Å². The molecule has 0 radical (unpaired) electrons. The van der Waals surface area contributed by atoms with E-state index in [4.69, 9.17) is 9.47 Å². The summed E-state index contributed by atoms with van der Waals surface area (Å²) in [7, 11) is 0. The van der Waals surface area contributed by atoms with E-state index in [2.05, 4.69) is 0 Å². The largest absolute Gasteiger partial charge is 0.461 e. The quantitative estimate of drug-likeness (QED) is 0.208. The van der Waals surface area contributed by atoms with Crippen LogP contribution in [-0.4, -0.2) is 36.5 Å². The maximum absolute atomic E-state index is 12.9. The molecule has 0 spiro atoms. The van der Waals surface area contributed by atoms with Gasteiger partial charge in [0.1, 0.15) is 12.2 Å². The van der Waals surface area contributed by atoms with Gasteiger partial charge in [-0.3, -0.25) is 9.59 Å². The molecule has 36 heavy (non-hydrogen) atoms. The average molecular weight is 537 g/mol. The summed E-state index contributed by atoms with van der Waals surface area (Å²) in [5.74, 6) is -2.40. The van der Waals surface area contributed by atoms with Crippen LogP contribution in [0.15, 0.2) is 0 Å². The van der Waals surface area contributed by atoms with Crippen molar-refractivity contribution >= 4 is 11.9 Å². The standard InChI is InChI=1S/2C13H23F3O2/c2*1-7-12(6,13(14,15)16)11(17)18-10(8(2)3)9(4)5/h2*8-10H,7H2,1-6H3. The van der Waals surface area contributed by atoms with Gasteiger partial charge in [0.25, 0.3) is 0 Å². The third-order valence-electron chi connectivity index (χ3n) is 6.68. The molecule has 0 aliphatic rings. The number of alkyl halides is 6. The van der Waals surface area contributed by atoms with Crippen LogP contribution >= 0.6 is 0 Å². The molecule has 10 heteroatoms. The Kier molecular flexibility index (Phi) is 14.1. The molecule has 4 nitrogen and oxygen atoms in total. The Morgan fingerprint density at radius 3 is 0.861 bits per heavy atom. The Hall–Kier alpha value is -1.48. The number of esters is 2. The second-order valence-corrected chi connectivity index (χ2v) is 11.1. The smallest absolute Gasteiger partial charge is 0.404 e. The van der Waals surface area contributed by atoms with Crippen LogP contribution in [-0.2, 0) is 19.1 Å². The number of rotatable bonds is 10. The molecule has 0 aliphatic heterocycles. The predicted molar refractivity (Wildman–Crippen MR) is 128 cm³/mol. The zero-order chi connectivity index (χ0) is 29.4. The van der Waals surface area contributed by atoms with Crippen molar-refractivity contribution in [2.75, 3.05) is 0 Å². The summed E-state index contributed by atoms with van der Waals surface area (Å²) >= 11 is 0. The minimum absolute atomic E-state index is 0.0108. The summed E-state index contributed by atoms with van der Waals surface area (Å²) < 4.78 is 87.6. The summed E-state index contributed by atoms with van der Waals surface area (Å²) in [6.45, 7) is 19.1. The van der Waals surface area contributed by atoms with Gasteiger partial charge in [-0.25, -0.2) is 0 Å². The summed E-state index contributed by atoms with van der Waals surface area (Å²) in [6, 6.07) is 0. The van der Waals surface area contributed by atoms with Gasteiger partial charge < -0.3 is 9.47 Å². The zero-order valence-corrected chi connectivity index (χ0v) is 23.8. The van der Waals surface area contributed by atoms with Gasteiger partial charge in [0.15, 0.2) is 10.8 Å². The lowest BCUT2D eigenvalue weighted by Crippen LogP contribution is -2.45. The summed E-state index contributed by atoms with van der Waals surface area (Å²) in [4.78, 5) is 23.6. The monoisotopic (exact) mass is 536 g/mol. The van der Waals surface area contributed by atoms with Crippen LogP contribution < -0.4 is 0 Å². The molecule has 0 N–H and O–H groups in total. The van der Waals surface area contributed by atoms with Crippen LogP contribution in [0.2, 0.25) is 0 Å². The Morgan fingerprint density at radius 2 is 0.750 bits per heavy atom. The van der Waals surface area contributed by atoms with E-state index >= 15 is 0 Å². The van der Waals surface area contributed by atoms with Crippen molar-refractivity contribution in [3.05, 3.63) is 0 Å². The lowest BCUT2D eigenvalue weighted by Gasteiger charge is -2.33. The van der Waals surface area contributed by atoms with Crippen molar-refractivity contribution in [2.24, 2.45) is 34.5 Å². The molecular formula is C26H46F6O4. The fourth-order valence-electron chi connectivity index (χ4n) is 3.51. The third kappa shape index (κ3) is 9.43. The van der Waals surface area contributed by atoms with E-state index in [9.17, 15) is 35.9 Å². The molecule has 0 aromatic rings. The molecule has 0 aliphatic carbocycles. The van der Waals surface area contributed by atoms with E-state index in [0.717, 1.165) is 13.8 Å². The highest BCUT2D eigenvalue weighted by molar-refractivity contribution is 5.78. The second-order valence-electron chi connectivity index (χ2n) is 11.1. The van der Waals surface area contributed by atoms with Gasteiger partial charge in [-0.1, -0.05) is 69.2 Å². The molecule has 0 heterocycles. The maximum Gasteiger partial charge on any atom is 0.404 e. The molecule has 0 saturated carbocycles. The molecule has 216 valence electrons. The van der Waals surface area contributed by atoms with E-state index in [-0.39, 0.29) is 36.5 Å². The maximum atomic E-state index is 12.9. The normalized spacial score (nSPS) is 16.2. The van der Waals surface area contributed by atoms with Crippen molar-refractivity contribution in [2.45, 2.75) is 120 Å². The SMILES string of the molecule is CCC(C)(C(=O)OC(C(C)C)C(C)C)C(F)(F)F.CCC(C)(C(=O)OC(C(C)C)C(C)C)C(F)(F)F. The number of hydrogen-bond acceptors (Lipinski definition) is 4. The highest BCUT2D eigenvalue weighted by Gasteiger charge is 2.58. The van der Waals surface area contributed by atoms with Gasteiger partial charge >= 0.3 is 24.3 Å². The van der Waals surface area contributed by atoms with Crippen LogP contribution in [0.1, 0.15) is 95.9 Å². The van der Waals surface area contributed by atoms with Gasteiger partial charge in [-0.2, -0.15) is 26.3 Å². The molecule has 0 fully saturated rings. The average Bonchev–Trinajstić information content (AvgIpc) is 2.71. The van der Waals surface area contributed by atoms with Crippen LogP contribution in [0.5, 0.6) is 0 Å². The fraction of sp³-hybridized carbons (Fsp3) is 0.923. The van der Waals surface area contributed by atoms with Crippen molar-refractivity contribution in [3.8, 4) is 0 Å². The third-order valence-corrected chi connectivity index (χ3v) is 6.68. The van der Waals surface area contributed by atoms with E-state index in [1.54, 1.807) is 0 Å². The molecule has 0 saturated heterocycles. The fourth-order valence-corrected chi connectivity index (χ4v) is 3.51. The summed E-state index contributed by atoms with van der Waals surface area (Å²) in [5.41, 5.74) is -4.84. The highest BCUT2D eigenvalue weighted by Crippen LogP contribution is 2.43. The molecule has 2 unspecified atom stereocenters. The molecule has 2 atom stereocenters. The molecule has 0 aromatic carbocycles. The van der Waals surface area contributed by atoms with Gasteiger partial charge in [0.2, 0.25) is 0 Å². The van der Waals surface area contributed by atoms with Crippen molar-refractivity contribution in [1.82, 2.24) is 0 Å². The lowest BCUT2D eigenvalue weighted by molar-refractivity contribution is -0.236. The van der Waals surface area contributed by atoms with Crippen LogP contribution in [0.4, 0.5) is 26.3 Å². The van der Waals surface area contributed by atoms with Gasteiger partial charge in [-0.15, -0.1) is 0 Å². The van der Waals surface area contributed by atoms with Crippen LogP contribution in [0.3, 0.4) is 0 Å². The topological polar surface area (TPSA) is 52.6 Å². The molecule has 0 aromatic heterocycles. The first-order chi connectivity index (χ1) is 15.9. The van der Waals surface area contributed by atoms with Crippen molar-refractivity contribution < 1.29 is 45.4 Å². The molecule has 0 amide bonds. The van der Waals surface area contributed by atoms with Crippen LogP contribution in [0, 0.1) is 34.5 Å². The first kappa shape index (κ1) is 36.7. The predicted octanol–water partition coefficient (Wildman–Crippen LogP) is 8.38. The minimum atomic E-state index is -4.59. The number of hydrogen-bond donors (Lipinski definition) is 0. The van der Waals surface area contributed by atoms with E-state index in [1.807, 2.05) is 55.4 Å². The van der Waals surface area contributed by atoms with Crippen molar-refractivity contribution in [3.63, 3.8) is 0 Å². The highest BCUT2D eigenvalue weighted by atomic mass is 19.4.